The Balaban J connectivity index is 2.27. The topological polar surface area (TPSA) is 12.4 Å². The molecule has 2 rings (SSSR count). The van der Waals surface area contributed by atoms with Crippen molar-refractivity contribution in [3.8, 4) is 0 Å². The second-order valence-electron chi connectivity index (χ2n) is 3.86. The molecule has 0 aliphatic carbocycles. The number of aliphatic imine (C=N–C) groups is 1. The molecule has 0 fully saturated rings. The summed E-state index contributed by atoms with van der Waals surface area (Å²) in [7, 11) is 0. The first-order chi connectivity index (χ1) is 8.56. The van der Waals surface area contributed by atoms with Crippen LogP contribution in [0.3, 0.4) is 0 Å². The van der Waals surface area contributed by atoms with Gasteiger partial charge in [-0.25, -0.2) is 0 Å². The zero-order chi connectivity index (χ0) is 13.1. The van der Waals surface area contributed by atoms with Crippen LogP contribution in [-0.4, -0.2) is 6.21 Å². The fraction of sp³-hybridized carbons (Fsp3) is 0.0714. The van der Waals surface area contributed by atoms with E-state index < -0.39 is 0 Å². The lowest BCUT2D eigenvalue weighted by atomic mass is 10.2. The lowest BCUT2D eigenvalue weighted by Crippen LogP contribution is -1.82. The van der Waals surface area contributed by atoms with Crippen LogP contribution in [0.15, 0.2) is 41.4 Å². The first-order valence-electron chi connectivity index (χ1n) is 5.31. The van der Waals surface area contributed by atoms with Gasteiger partial charge < -0.3 is 0 Å². The molecule has 0 radical (unpaired) electrons. The van der Waals surface area contributed by atoms with E-state index in [-0.39, 0.29) is 0 Å². The Hall–Kier alpha value is -1.02. The first-order valence-corrected chi connectivity index (χ1v) is 6.45. The molecule has 92 valence electrons. The molecule has 0 aliphatic heterocycles. The van der Waals surface area contributed by atoms with E-state index >= 15 is 0 Å². The van der Waals surface area contributed by atoms with Gasteiger partial charge in [-0.15, -0.1) is 0 Å². The second-order valence-corrected chi connectivity index (χ2v) is 5.11. The van der Waals surface area contributed by atoms with E-state index in [4.69, 9.17) is 34.8 Å². The maximum Gasteiger partial charge on any atom is 0.0644 e. The molecule has 0 saturated heterocycles. The molecule has 0 N–H and O–H groups in total. The lowest BCUT2D eigenvalue weighted by molar-refractivity contribution is 1.44. The minimum Gasteiger partial charge on any atom is -0.256 e. The van der Waals surface area contributed by atoms with Gasteiger partial charge in [-0.3, -0.25) is 4.99 Å². The molecule has 0 aromatic heterocycles. The van der Waals surface area contributed by atoms with E-state index in [2.05, 4.69) is 4.99 Å². The molecular weight excluding hydrogens is 289 g/mol. The number of hydrogen-bond donors (Lipinski definition) is 0. The highest BCUT2D eigenvalue weighted by atomic mass is 35.5. The van der Waals surface area contributed by atoms with Crippen molar-refractivity contribution in [2.24, 2.45) is 4.99 Å². The van der Waals surface area contributed by atoms with Gasteiger partial charge in [0.2, 0.25) is 0 Å². The van der Waals surface area contributed by atoms with Gasteiger partial charge in [0.1, 0.15) is 0 Å². The number of nitrogens with zero attached hydrogens (tertiary/aromatic N) is 1. The van der Waals surface area contributed by atoms with E-state index in [1.54, 1.807) is 18.3 Å². The van der Waals surface area contributed by atoms with Crippen LogP contribution in [0.5, 0.6) is 0 Å². The lowest BCUT2D eigenvalue weighted by Gasteiger charge is -2.00. The molecule has 18 heavy (non-hydrogen) atoms. The van der Waals surface area contributed by atoms with Crippen LogP contribution in [0.25, 0.3) is 0 Å². The SMILES string of the molecule is Cc1ccc(N=Cc2ccc(Cl)cc2Cl)cc1Cl. The summed E-state index contributed by atoms with van der Waals surface area (Å²) in [5.41, 5.74) is 2.63. The van der Waals surface area contributed by atoms with Gasteiger partial charge in [0, 0.05) is 21.8 Å². The van der Waals surface area contributed by atoms with Crippen molar-refractivity contribution in [1.29, 1.82) is 0 Å². The van der Waals surface area contributed by atoms with E-state index in [9.17, 15) is 0 Å². The van der Waals surface area contributed by atoms with Crippen LogP contribution in [-0.2, 0) is 0 Å². The van der Waals surface area contributed by atoms with Gasteiger partial charge in [0.05, 0.1) is 10.7 Å². The van der Waals surface area contributed by atoms with Gasteiger partial charge in [0.25, 0.3) is 0 Å². The van der Waals surface area contributed by atoms with Gasteiger partial charge in [-0.2, -0.15) is 0 Å². The Bertz CT molecular complexity index is 606. The monoisotopic (exact) mass is 297 g/mol. The number of hydrogen-bond acceptors (Lipinski definition) is 1. The maximum atomic E-state index is 6.05. The molecule has 2 aromatic rings. The predicted molar refractivity (Wildman–Crippen MR) is 79.9 cm³/mol. The Morgan fingerprint density at radius 3 is 2.39 bits per heavy atom. The molecule has 0 atom stereocenters. The third-order valence-corrected chi connectivity index (χ3v) is 3.44. The van der Waals surface area contributed by atoms with Crippen LogP contribution < -0.4 is 0 Å². The molecule has 0 aliphatic rings. The summed E-state index contributed by atoms with van der Waals surface area (Å²) in [5.74, 6) is 0. The van der Waals surface area contributed by atoms with Gasteiger partial charge in [0.15, 0.2) is 0 Å². The van der Waals surface area contributed by atoms with E-state index in [0.717, 1.165) is 16.8 Å². The second kappa shape index (κ2) is 5.75. The van der Waals surface area contributed by atoms with E-state index in [0.29, 0.717) is 15.1 Å². The van der Waals surface area contributed by atoms with Crippen LogP contribution in [0.4, 0.5) is 5.69 Å². The molecule has 4 heteroatoms. The Labute approximate surface area is 121 Å². The van der Waals surface area contributed by atoms with Crippen molar-refractivity contribution in [3.63, 3.8) is 0 Å². The average Bonchev–Trinajstić information content (AvgIpc) is 2.32. The van der Waals surface area contributed by atoms with Crippen molar-refractivity contribution in [3.05, 3.63) is 62.6 Å². The average molecular weight is 299 g/mol. The van der Waals surface area contributed by atoms with Crippen molar-refractivity contribution in [2.75, 3.05) is 0 Å². The zero-order valence-corrected chi connectivity index (χ0v) is 11.9. The predicted octanol–water partition coefficient (Wildman–Crippen LogP) is 5.71. The Morgan fingerprint density at radius 2 is 1.72 bits per heavy atom. The molecule has 0 spiro atoms. The van der Waals surface area contributed by atoms with Crippen LogP contribution in [0.1, 0.15) is 11.1 Å². The quantitative estimate of drug-likeness (QED) is 0.630. The highest BCUT2D eigenvalue weighted by Crippen LogP contribution is 2.23. The van der Waals surface area contributed by atoms with Crippen molar-refractivity contribution in [2.45, 2.75) is 6.92 Å². The Morgan fingerprint density at radius 1 is 0.944 bits per heavy atom. The third-order valence-electron chi connectivity index (χ3n) is 2.47. The molecule has 2 aromatic carbocycles. The van der Waals surface area contributed by atoms with Crippen molar-refractivity contribution >= 4 is 46.7 Å². The van der Waals surface area contributed by atoms with Crippen LogP contribution in [0, 0.1) is 6.92 Å². The molecule has 0 unspecified atom stereocenters. The summed E-state index contributed by atoms with van der Waals surface area (Å²) >= 11 is 17.9. The summed E-state index contributed by atoms with van der Waals surface area (Å²) < 4.78 is 0. The summed E-state index contributed by atoms with van der Waals surface area (Å²) in [4.78, 5) is 4.33. The molecule has 0 heterocycles. The molecular formula is C14H10Cl3N. The first kappa shape index (κ1) is 13.4. The number of benzene rings is 2. The zero-order valence-electron chi connectivity index (χ0n) is 9.62. The van der Waals surface area contributed by atoms with Gasteiger partial charge in [-0.1, -0.05) is 46.9 Å². The maximum absolute atomic E-state index is 6.05. The third kappa shape index (κ3) is 3.26. The smallest absolute Gasteiger partial charge is 0.0644 e. The Kier molecular flexibility index (Phi) is 4.28. The number of aryl methyl sites for hydroxylation is 1. The number of rotatable bonds is 2. The van der Waals surface area contributed by atoms with Crippen molar-refractivity contribution < 1.29 is 0 Å². The summed E-state index contributed by atoms with van der Waals surface area (Å²) in [6.45, 7) is 1.95. The summed E-state index contributed by atoms with van der Waals surface area (Å²) in [6.07, 6.45) is 1.69. The normalized spacial score (nSPS) is 11.1. The summed E-state index contributed by atoms with van der Waals surface area (Å²) in [6, 6.07) is 10.9. The summed E-state index contributed by atoms with van der Waals surface area (Å²) in [5, 5.41) is 1.88. The molecule has 1 nitrogen and oxygen atoms in total. The van der Waals surface area contributed by atoms with E-state index in [1.165, 1.54) is 0 Å². The molecule has 0 amide bonds. The highest BCUT2D eigenvalue weighted by molar-refractivity contribution is 6.36. The van der Waals surface area contributed by atoms with Gasteiger partial charge in [-0.05, 0) is 36.8 Å². The van der Waals surface area contributed by atoms with Gasteiger partial charge >= 0.3 is 0 Å². The highest BCUT2D eigenvalue weighted by Gasteiger charge is 1.99. The van der Waals surface area contributed by atoms with E-state index in [1.807, 2.05) is 31.2 Å². The minimum absolute atomic E-state index is 0.574. The molecule has 0 saturated carbocycles. The fourth-order valence-electron chi connectivity index (χ4n) is 1.41. The van der Waals surface area contributed by atoms with Crippen molar-refractivity contribution in [1.82, 2.24) is 0 Å². The fourth-order valence-corrected chi connectivity index (χ4v) is 2.04. The standard InChI is InChI=1S/C14H10Cl3N/c1-9-2-5-12(7-13(9)16)18-8-10-3-4-11(15)6-14(10)17/h2-8H,1H3. The molecule has 0 bridgehead atoms. The minimum atomic E-state index is 0.574. The van der Waals surface area contributed by atoms with Crippen LogP contribution >= 0.6 is 34.8 Å². The number of halogens is 3. The van der Waals surface area contributed by atoms with Crippen LogP contribution in [0.2, 0.25) is 15.1 Å². The largest absolute Gasteiger partial charge is 0.256 e.